The molecular weight excluding hydrogens is 371 g/mol. The van der Waals surface area contributed by atoms with Crippen molar-refractivity contribution in [2.24, 2.45) is 0 Å². The van der Waals surface area contributed by atoms with Crippen molar-refractivity contribution in [3.05, 3.63) is 28.2 Å². The van der Waals surface area contributed by atoms with E-state index in [0.29, 0.717) is 17.3 Å². The van der Waals surface area contributed by atoms with Crippen LogP contribution in [0.3, 0.4) is 0 Å². The van der Waals surface area contributed by atoms with Gasteiger partial charge in [-0.15, -0.1) is 0 Å². The van der Waals surface area contributed by atoms with Gasteiger partial charge in [-0.05, 0) is 25.1 Å². The summed E-state index contributed by atoms with van der Waals surface area (Å²) in [6.07, 6.45) is -0.201. The second-order valence-corrected chi connectivity index (χ2v) is 6.11. The molecule has 0 aromatic heterocycles. The Morgan fingerprint density at radius 1 is 1.36 bits per heavy atom. The van der Waals surface area contributed by atoms with Crippen LogP contribution in [0.1, 0.15) is 13.3 Å². The number of hydrogen-bond donors (Lipinski definition) is 1. The van der Waals surface area contributed by atoms with Crippen LogP contribution in [-0.4, -0.2) is 55.0 Å². The Labute approximate surface area is 155 Å². The molecular formula is C16H18Cl2N2O5. The van der Waals surface area contributed by atoms with Crippen LogP contribution >= 0.6 is 23.2 Å². The first-order chi connectivity index (χ1) is 11.9. The molecule has 1 saturated heterocycles. The van der Waals surface area contributed by atoms with Crippen LogP contribution in [0.2, 0.25) is 10.0 Å². The van der Waals surface area contributed by atoms with Gasteiger partial charge < -0.3 is 19.7 Å². The number of carbonyl (C=O) groups is 3. The summed E-state index contributed by atoms with van der Waals surface area (Å²) in [5.74, 6) is -1.04. The molecule has 9 heteroatoms. The average Bonchev–Trinajstić information content (AvgIpc) is 2.56. The number of amides is 2. The average molecular weight is 389 g/mol. The highest BCUT2D eigenvalue weighted by Gasteiger charge is 2.35. The van der Waals surface area contributed by atoms with Gasteiger partial charge in [0.15, 0.2) is 6.61 Å². The van der Waals surface area contributed by atoms with Crippen molar-refractivity contribution in [2.45, 2.75) is 19.4 Å². The van der Waals surface area contributed by atoms with E-state index >= 15 is 0 Å². The van der Waals surface area contributed by atoms with Gasteiger partial charge in [-0.1, -0.05) is 23.2 Å². The number of nitrogens with zero attached hydrogens (tertiary/aromatic N) is 1. The number of piperazine rings is 1. The molecule has 1 fully saturated rings. The van der Waals surface area contributed by atoms with Crippen molar-refractivity contribution in [1.29, 1.82) is 0 Å². The van der Waals surface area contributed by atoms with E-state index in [1.54, 1.807) is 19.1 Å². The number of esters is 1. The molecule has 1 atom stereocenters. The van der Waals surface area contributed by atoms with Crippen molar-refractivity contribution in [1.82, 2.24) is 10.2 Å². The van der Waals surface area contributed by atoms with Gasteiger partial charge in [0, 0.05) is 18.1 Å². The van der Waals surface area contributed by atoms with Gasteiger partial charge in [-0.25, -0.2) is 0 Å². The lowest BCUT2D eigenvalue weighted by Crippen LogP contribution is -2.58. The van der Waals surface area contributed by atoms with Crippen LogP contribution in [0.5, 0.6) is 5.75 Å². The number of nitrogens with one attached hydrogen (secondary N) is 1. The number of hydrogen-bond acceptors (Lipinski definition) is 5. The Balaban J connectivity index is 2.01. The highest BCUT2D eigenvalue weighted by atomic mass is 35.5. The van der Waals surface area contributed by atoms with E-state index in [9.17, 15) is 14.4 Å². The summed E-state index contributed by atoms with van der Waals surface area (Å²) in [6.45, 7) is 2.16. The standard InChI is InChI=1S/C16H18Cl2N2O5/c1-2-24-15(22)8-12-16(23)19-5-6-20(12)14(21)9-25-13-4-3-10(17)7-11(13)18/h3-4,7,12H,2,5-6,8-9H2,1H3,(H,19,23)/t12-/m0/s1. The molecule has 7 nitrogen and oxygen atoms in total. The smallest absolute Gasteiger partial charge is 0.308 e. The lowest BCUT2D eigenvalue weighted by molar-refractivity contribution is -0.152. The molecule has 25 heavy (non-hydrogen) atoms. The normalized spacial score (nSPS) is 17.0. The van der Waals surface area contributed by atoms with Crippen molar-refractivity contribution in [3.63, 3.8) is 0 Å². The molecule has 0 unspecified atom stereocenters. The van der Waals surface area contributed by atoms with Crippen LogP contribution < -0.4 is 10.1 Å². The first-order valence-electron chi connectivity index (χ1n) is 7.73. The third kappa shape index (κ3) is 5.24. The van der Waals surface area contributed by atoms with E-state index < -0.39 is 23.8 Å². The van der Waals surface area contributed by atoms with Gasteiger partial charge in [-0.3, -0.25) is 14.4 Å². The highest BCUT2D eigenvalue weighted by Crippen LogP contribution is 2.27. The van der Waals surface area contributed by atoms with E-state index in [2.05, 4.69) is 5.32 Å². The molecule has 2 amide bonds. The van der Waals surface area contributed by atoms with Crippen LogP contribution in [-0.2, 0) is 19.1 Å². The third-order valence-corrected chi connectivity index (χ3v) is 4.09. The quantitative estimate of drug-likeness (QED) is 0.748. The van der Waals surface area contributed by atoms with E-state index in [1.165, 1.54) is 11.0 Å². The Bertz CT molecular complexity index is 668. The minimum atomic E-state index is -0.912. The molecule has 0 saturated carbocycles. The van der Waals surface area contributed by atoms with Crippen molar-refractivity contribution in [3.8, 4) is 5.75 Å². The Morgan fingerprint density at radius 2 is 2.12 bits per heavy atom. The van der Waals surface area contributed by atoms with Gasteiger partial charge in [0.05, 0.1) is 18.1 Å². The molecule has 136 valence electrons. The van der Waals surface area contributed by atoms with Gasteiger partial charge >= 0.3 is 5.97 Å². The number of halogens is 2. The number of benzene rings is 1. The minimum Gasteiger partial charge on any atom is -0.482 e. The predicted molar refractivity (Wildman–Crippen MR) is 91.7 cm³/mol. The molecule has 1 heterocycles. The summed E-state index contributed by atoms with van der Waals surface area (Å²) >= 11 is 11.8. The lowest BCUT2D eigenvalue weighted by Gasteiger charge is -2.34. The fourth-order valence-corrected chi connectivity index (χ4v) is 2.87. The largest absolute Gasteiger partial charge is 0.482 e. The minimum absolute atomic E-state index is 0.201. The molecule has 2 rings (SSSR count). The topological polar surface area (TPSA) is 84.9 Å². The lowest BCUT2D eigenvalue weighted by atomic mass is 10.1. The molecule has 0 radical (unpaired) electrons. The molecule has 1 N–H and O–H groups in total. The molecule has 1 aliphatic heterocycles. The maximum Gasteiger partial charge on any atom is 0.308 e. The van der Waals surface area contributed by atoms with E-state index in [0.717, 1.165) is 0 Å². The molecule has 1 aliphatic rings. The van der Waals surface area contributed by atoms with Crippen LogP contribution in [0.25, 0.3) is 0 Å². The van der Waals surface area contributed by atoms with Gasteiger partial charge in [0.1, 0.15) is 11.8 Å². The van der Waals surface area contributed by atoms with Gasteiger partial charge in [0.25, 0.3) is 5.91 Å². The number of carbonyl (C=O) groups excluding carboxylic acids is 3. The van der Waals surface area contributed by atoms with Crippen LogP contribution in [0.4, 0.5) is 0 Å². The Kier molecular flexibility index (Phi) is 6.90. The maximum atomic E-state index is 12.4. The van der Waals surface area contributed by atoms with Gasteiger partial charge in [-0.2, -0.15) is 0 Å². The van der Waals surface area contributed by atoms with E-state index in [-0.39, 0.29) is 31.2 Å². The zero-order valence-electron chi connectivity index (χ0n) is 13.6. The molecule has 0 spiro atoms. The molecule has 0 aliphatic carbocycles. The summed E-state index contributed by atoms with van der Waals surface area (Å²) in [7, 11) is 0. The number of rotatable bonds is 6. The van der Waals surface area contributed by atoms with Crippen LogP contribution in [0, 0.1) is 0 Å². The highest BCUT2D eigenvalue weighted by molar-refractivity contribution is 6.35. The van der Waals surface area contributed by atoms with Crippen molar-refractivity contribution in [2.75, 3.05) is 26.3 Å². The molecule has 0 bridgehead atoms. The number of ether oxygens (including phenoxy) is 2. The van der Waals surface area contributed by atoms with Crippen molar-refractivity contribution < 1.29 is 23.9 Å². The first-order valence-corrected chi connectivity index (χ1v) is 8.48. The maximum absolute atomic E-state index is 12.4. The Hall–Kier alpha value is -1.99. The fourth-order valence-electron chi connectivity index (χ4n) is 2.41. The Morgan fingerprint density at radius 3 is 2.80 bits per heavy atom. The SMILES string of the molecule is CCOC(=O)C[C@H]1C(=O)NCCN1C(=O)COc1ccc(Cl)cc1Cl. The zero-order chi connectivity index (χ0) is 18.4. The summed E-state index contributed by atoms with van der Waals surface area (Å²) in [6, 6.07) is 3.73. The fraction of sp³-hybridized carbons (Fsp3) is 0.438. The second kappa shape index (κ2) is 8.92. The first kappa shape index (κ1) is 19.3. The summed E-state index contributed by atoms with van der Waals surface area (Å²) in [5, 5.41) is 3.36. The van der Waals surface area contributed by atoms with Crippen molar-refractivity contribution >= 4 is 41.0 Å². The van der Waals surface area contributed by atoms with E-state index in [1.807, 2.05) is 0 Å². The molecule has 1 aromatic carbocycles. The van der Waals surface area contributed by atoms with Crippen LogP contribution in [0.15, 0.2) is 18.2 Å². The predicted octanol–water partition coefficient (Wildman–Crippen LogP) is 1.65. The summed E-state index contributed by atoms with van der Waals surface area (Å²) < 4.78 is 10.3. The summed E-state index contributed by atoms with van der Waals surface area (Å²) in [4.78, 5) is 37.5. The van der Waals surface area contributed by atoms with E-state index in [4.69, 9.17) is 32.7 Å². The zero-order valence-corrected chi connectivity index (χ0v) is 15.1. The van der Waals surface area contributed by atoms with Gasteiger partial charge in [0.2, 0.25) is 5.91 Å². The summed E-state index contributed by atoms with van der Waals surface area (Å²) in [5.41, 5.74) is 0. The second-order valence-electron chi connectivity index (χ2n) is 5.27. The monoisotopic (exact) mass is 388 g/mol. The third-order valence-electron chi connectivity index (χ3n) is 3.56. The molecule has 1 aromatic rings.